The normalized spacial score (nSPS) is 33.2. The Kier molecular flexibility index (Phi) is 4.26. The summed E-state index contributed by atoms with van der Waals surface area (Å²) in [5.41, 5.74) is 1.89. The quantitative estimate of drug-likeness (QED) is 0.761. The van der Waals surface area contributed by atoms with Gasteiger partial charge in [-0.2, -0.15) is 0 Å². The molecule has 1 N–H and O–H groups in total. The predicted molar refractivity (Wildman–Crippen MR) is 72.1 cm³/mol. The minimum atomic E-state index is 0.301. The van der Waals surface area contributed by atoms with E-state index in [9.17, 15) is 0 Å². The van der Waals surface area contributed by atoms with Crippen molar-refractivity contribution < 1.29 is 4.74 Å². The van der Waals surface area contributed by atoms with Gasteiger partial charge in [0.2, 0.25) is 0 Å². The maximum Gasteiger partial charge on any atom is 0.0483 e. The molecule has 0 aromatic rings. The standard InChI is InChI=1S/C15H27NO/c1-12-5-4-6-13(2)14(12)11-16-15(3)7-9-17-10-8-15/h5,13-14,16H,4,6-11H2,1-3H3. The van der Waals surface area contributed by atoms with E-state index < -0.39 is 0 Å². The summed E-state index contributed by atoms with van der Waals surface area (Å²) in [6.07, 6.45) is 7.35. The van der Waals surface area contributed by atoms with Gasteiger partial charge >= 0.3 is 0 Å². The molecule has 2 heteroatoms. The number of hydrogen-bond donors (Lipinski definition) is 1. The van der Waals surface area contributed by atoms with E-state index in [1.807, 2.05) is 0 Å². The van der Waals surface area contributed by atoms with Crippen LogP contribution in [0.15, 0.2) is 11.6 Å². The first-order valence-corrected chi connectivity index (χ1v) is 7.10. The van der Waals surface area contributed by atoms with Crippen molar-refractivity contribution in [1.29, 1.82) is 0 Å². The lowest BCUT2D eigenvalue weighted by Crippen LogP contribution is -2.49. The molecule has 0 amide bonds. The van der Waals surface area contributed by atoms with Crippen LogP contribution in [-0.2, 0) is 4.74 Å². The summed E-state index contributed by atoms with van der Waals surface area (Å²) in [6, 6.07) is 0. The van der Waals surface area contributed by atoms with Crippen LogP contribution in [0.4, 0.5) is 0 Å². The number of nitrogens with one attached hydrogen (secondary N) is 1. The Morgan fingerprint density at radius 1 is 1.41 bits per heavy atom. The number of hydrogen-bond acceptors (Lipinski definition) is 2. The smallest absolute Gasteiger partial charge is 0.0483 e. The topological polar surface area (TPSA) is 21.3 Å². The van der Waals surface area contributed by atoms with Crippen LogP contribution >= 0.6 is 0 Å². The molecule has 17 heavy (non-hydrogen) atoms. The van der Waals surface area contributed by atoms with Crippen molar-refractivity contribution in [3.8, 4) is 0 Å². The molecule has 1 aliphatic heterocycles. The molecule has 0 aromatic heterocycles. The van der Waals surface area contributed by atoms with Crippen LogP contribution in [0.1, 0.15) is 46.5 Å². The Morgan fingerprint density at radius 2 is 2.12 bits per heavy atom. The highest BCUT2D eigenvalue weighted by Gasteiger charge is 2.29. The van der Waals surface area contributed by atoms with Gasteiger partial charge < -0.3 is 10.1 Å². The highest BCUT2D eigenvalue weighted by molar-refractivity contribution is 5.09. The Labute approximate surface area is 106 Å². The second-order valence-electron chi connectivity index (χ2n) is 6.16. The second kappa shape index (κ2) is 5.53. The van der Waals surface area contributed by atoms with Gasteiger partial charge in [0, 0.05) is 25.3 Å². The van der Waals surface area contributed by atoms with E-state index in [0.717, 1.165) is 44.4 Å². The first-order valence-electron chi connectivity index (χ1n) is 7.10. The fourth-order valence-electron chi connectivity index (χ4n) is 3.09. The third-order valence-electron chi connectivity index (χ3n) is 4.71. The lowest BCUT2D eigenvalue weighted by Gasteiger charge is -2.38. The van der Waals surface area contributed by atoms with Gasteiger partial charge in [-0.15, -0.1) is 0 Å². The van der Waals surface area contributed by atoms with Gasteiger partial charge in [0.25, 0.3) is 0 Å². The molecule has 0 saturated carbocycles. The fraction of sp³-hybridized carbons (Fsp3) is 0.867. The maximum atomic E-state index is 5.45. The van der Waals surface area contributed by atoms with Crippen molar-refractivity contribution >= 4 is 0 Å². The van der Waals surface area contributed by atoms with Gasteiger partial charge in [0.15, 0.2) is 0 Å². The van der Waals surface area contributed by atoms with Crippen molar-refractivity contribution in [2.45, 2.75) is 52.0 Å². The van der Waals surface area contributed by atoms with Crippen LogP contribution in [0.2, 0.25) is 0 Å². The molecule has 2 unspecified atom stereocenters. The summed E-state index contributed by atoms with van der Waals surface area (Å²) in [7, 11) is 0. The van der Waals surface area contributed by atoms with E-state index in [4.69, 9.17) is 4.74 Å². The molecule has 0 spiro atoms. The van der Waals surface area contributed by atoms with Gasteiger partial charge in [0.1, 0.15) is 0 Å². The first-order chi connectivity index (χ1) is 8.11. The largest absolute Gasteiger partial charge is 0.381 e. The van der Waals surface area contributed by atoms with Gasteiger partial charge in [-0.1, -0.05) is 18.6 Å². The van der Waals surface area contributed by atoms with Crippen molar-refractivity contribution in [3.63, 3.8) is 0 Å². The van der Waals surface area contributed by atoms with Gasteiger partial charge in [0.05, 0.1) is 0 Å². The molecule has 0 bridgehead atoms. The summed E-state index contributed by atoms with van der Waals surface area (Å²) < 4.78 is 5.45. The molecular weight excluding hydrogens is 210 g/mol. The molecular formula is C15H27NO. The number of allylic oxidation sites excluding steroid dienone is 1. The second-order valence-corrected chi connectivity index (χ2v) is 6.16. The lowest BCUT2D eigenvalue weighted by molar-refractivity contribution is 0.0432. The van der Waals surface area contributed by atoms with Crippen LogP contribution in [0.25, 0.3) is 0 Å². The Bertz CT molecular complexity index is 279. The van der Waals surface area contributed by atoms with Crippen LogP contribution in [0.3, 0.4) is 0 Å². The Hall–Kier alpha value is -0.340. The molecule has 2 nitrogen and oxygen atoms in total. The zero-order valence-corrected chi connectivity index (χ0v) is 11.6. The third kappa shape index (κ3) is 3.32. The van der Waals surface area contributed by atoms with Crippen molar-refractivity contribution in [1.82, 2.24) is 5.32 Å². The maximum absolute atomic E-state index is 5.45. The molecule has 2 aliphatic rings. The van der Waals surface area contributed by atoms with Crippen LogP contribution in [-0.4, -0.2) is 25.3 Å². The SMILES string of the molecule is CC1=CCCC(C)C1CNC1(C)CCOCC1. The predicted octanol–water partition coefficient (Wildman–Crippen LogP) is 3.14. The molecule has 1 heterocycles. The first kappa shape index (κ1) is 13.1. The van der Waals surface area contributed by atoms with E-state index in [0.29, 0.717) is 5.54 Å². The third-order valence-corrected chi connectivity index (χ3v) is 4.71. The monoisotopic (exact) mass is 237 g/mol. The molecule has 1 fully saturated rings. The van der Waals surface area contributed by atoms with Gasteiger partial charge in [-0.05, 0) is 51.4 Å². The summed E-state index contributed by atoms with van der Waals surface area (Å²) in [5.74, 6) is 1.57. The lowest BCUT2D eigenvalue weighted by atomic mass is 9.79. The molecule has 2 rings (SSSR count). The fourth-order valence-corrected chi connectivity index (χ4v) is 3.09. The highest BCUT2D eigenvalue weighted by atomic mass is 16.5. The van der Waals surface area contributed by atoms with Crippen LogP contribution in [0.5, 0.6) is 0 Å². The number of ether oxygens (including phenoxy) is 1. The Morgan fingerprint density at radius 3 is 2.76 bits per heavy atom. The molecule has 0 radical (unpaired) electrons. The van der Waals surface area contributed by atoms with Gasteiger partial charge in [-0.25, -0.2) is 0 Å². The van der Waals surface area contributed by atoms with Crippen molar-refractivity contribution in [3.05, 3.63) is 11.6 Å². The molecule has 1 aliphatic carbocycles. The Balaban J connectivity index is 1.88. The summed E-state index contributed by atoms with van der Waals surface area (Å²) in [4.78, 5) is 0. The average molecular weight is 237 g/mol. The zero-order valence-electron chi connectivity index (χ0n) is 11.6. The summed E-state index contributed by atoms with van der Waals surface area (Å²) >= 11 is 0. The van der Waals surface area contributed by atoms with Crippen LogP contribution < -0.4 is 5.32 Å². The highest BCUT2D eigenvalue weighted by Crippen LogP contribution is 2.30. The molecule has 0 aromatic carbocycles. The van der Waals surface area contributed by atoms with Crippen LogP contribution in [0, 0.1) is 11.8 Å². The summed E-state index contributed by atoms with van der Waals surface area (Å²) in [5, 5.41) is 3.81. The van der Waals surface area contributed by atoms with E-state index in [-0.39, 0.29) is 0 Å². The van der Waals surface area contributed by atoms with Crippen molar-refractivity contribution in [2.75, 3.05) is 19.8 Å². The summed E-state index contributed by atoms with van der Waals surface area (Å²) in [6.45, 7) is 10.0. The number of rotatable bonds is 3. The minimum absolute atomic E-state index is 0.301. The zero-order chi connectivity index (χ0) is 12.3. The molecule has 1 saturated heterocycles. The van der Waals surface area contributed by atoms with Crippen molar-refractivity contribution in [2.24, 2.45) is 11.8 Å². The molecule has 98 valence electrons. The van der Waals surface area contributed by atoms with E-state index in [2.05, 4.69) is 32.2 Å². The van der Waals surface area contributed by atoms with E-state index in [1.54, 1.807) is 5.57 Å². The average Bonchev–Trinajstić information content (AvgIpc) is 2.29. The molecule has 2 atom stereocenters. The van der Waals surface area contributed by atoms with E-state index in [1.165, 1.54) is 12.8 Å². The minimum Gasteiger partial charge on any atom is -0.381 e. The van der Waals surface area contributed by atoms with Gasteiger partial charge in [-0.3, -0.25) is 0 Å². The van der Waals surface area contributed by atoms with E-state index >= 15 is 0 Å².